The first-order valence-electron chi connectivity index (χ1n) is 24.9. The number of amides is 3. The summed E-state index contributed by atoms with van der Waals surface area (Å²) in [6.45, 7) is 12.0. The molecular weight excluding hydrogens is 826 g/mol. The number of ether oxygens (including phenoxy) is 4. The average molecular weight is 898 g/mol. The highest BCUT2D eigenvalue weighted by Gasteiger charge is 2.62. The third-order valence-corrected chi connectivity index (χ3v) is 16.5. The van der Waals surface area contributed by atoms with E-state index in [0.717, 1.165) is 97.9 Å². The molecule has 4 N–H and O–H groups in total. The lowest BCUT2D eigenvalue weighted by Gasteiger charge is -2.61. The third kappa shape index (κ3) is 9.64. The van der Waals surface area contributed by atoms with Crippen LogP contribution in [0.4, 0.5) is 4.39 Å². The van der Waals surface area contributed by atoms with Crippen LogP contribution in [0.3, 0.4) is 0 Å². The van der Waals surface area contributed by atoms with Crippen LogP contribution in [0.2, 0.25) is 0 Å². The Morgan fingerprint density at radius 2 is 1.34 bits per heavy atom. The molecule has 9 fully saturated rings. The van der Waals surface area contributed by atoms with Gasteiger partial charge in [-0.3, -0.25) is 33.9 Å². The molecule has 0 spiro atoms. The van der Waals surface area contributed by atoms with Gasteiger partial charge >= 0.3 is 0 Å². The van der Waals surface area contributed by atoms with Crippen LogP contribution in [-0.2, 0) is 38.1 Å². The maximum Gasteiger partial charge on any atom is 0.259 e. The summed E-state index contributed by atoms with van der Waals surface area (Å²) in [6.07, 6.45) is 7.64. The molecule has 3 saturated carbocycles. The summed E-state index contributed by atoms with van der Waals surface area (Å²) in [5.74, 6) is -0.665. The van der Waals surface area contributed by atoms with Crippen molar-refractivity contribution < 1.29 is 42.5 Å². The van der Waals surface area contributed by atoms with Crippen LogP contribution < -0.4 is 21.3 Å². The zero-order valence-corrected chi connectivity index (χ0v) is 37.6. The highest BCUT2D eigenvalue weighted by Crippen LogP contribution is 2.53. The van der Waals surface area contributed by atoms with E-state index in [2.05, 4.69) is 40.9 Å². The summed E-state index contributed by atoms with van der Waals surface area (Å²) in [6, 6.07) is -1.40. The number of fused-ring (bicyclic) bond motifs is 5. The number of carbonyl (C=O) groups is 4. The molecule has 0 radical (unpaired) electrons. The largest absolute Gasteiger partial charge is 0.379 e. The number of Topliss-reactive ketones (excluding diaryl/α,β-unsaturated/α-hetero) is 1. The van der Waals surface area contributed by atoms with Gasteiger partial charge in [0.05, 0.1) is 87.6 Å². The lowest BCUT2D eigenvalue weighted by molar-refractivity contribution is -0.220. The molecule has 6 saturated heterocycles. The summed E-state index contributed by atoms with van der Waals surface area (Å²) in [5.41, 5.74) is 0.119. The standard InChI is InChI=1S/C46H72FN9O8/c47-35-21-33-42-45(43(35)54-9-5-29(26-54)50-40(57)24-48-7-11-52-13-17-61-18-14-52)64-39-22-32-31-3-1-2-4-37(31)63-38(32)23-36(39)56(42)28-34(44(33)59)46(60)55-10-6-30(27-55)51-41(58)25-49-8-12-53-15-19-62-20-16-53/h28-33,35-39,42-43,45,48-49H,1-27H2,(H,50,57)(H,51,58)/t29-,30-,31?,32?,33?,35?,36?,37?,38?,39?,42?,43?,45?/m1/s1. The van der Waals surface area contributed by atoms with E-state index in [0.29, 0.717) is 57.4 Å². The molecule has 10 aliphatic rings. The van der Waals surface area contributed by atoms with Gasteiger partial charge in [0.1, 0.15) is 6.17 Å². The number of likely N-dealkylation sites (tertiary alicyclic amines) is 2. The van der Waals surface area contributed by atoms with Crippen molar-refractivity contribution in [2.45, 2.75) is 119 Å². The van der Waals surface area contributed by atoms with E-state index < -0.39 is 30.3 Å². The smallest absolute Gasteiger partial charge is 0.259 e. The Balaban J connectivity index is 0.802. The Kier molecular flexibility index (Phi) is 14.2. The van der Waals surface area contributed by atoms with Gasteiger partial charge in [-0.2, -0.15) is 0 Å². The maximum absolute atomic E-state index is 17.1. The Hall–Kier alpha value is -2.81. The van der Waals surface area contributed by atoms with E-state index in [9.17, 15) is 19.2 Å². The maximum atomic E-state index is 17.1. The number of alkyl halides is 1. The Labute approximate surface area is 377 Å². The molecule has 0 bridgehead atoms. The molecule has 13 atom stereocenters. The second-order valence-electron chi connectivity index (χ2n) is 20.3. The predicted octanol–water partition coefficient (Wildman–Crippen LogP) is -0.895. The van der Waals surface area contributed by atoms with Gasteiger partial charge in [0, 0.05) is 103 Å². The van der Waals surface area contributed by atoms with Crippen LogP contribution in [0, 0.1) is 17.8 Å². The summed E-state index contributed by atoms with van der Waals surface area (Å²) >= 11 is 0. The van der Waals surface area contributed by atoms with Crippen molar-refractivity contribution in [3.05, 3.63) is 11.8 Å². The van der Waals surface area contributed by atoms with Crippen LogP contribution in [0.25, 0.3) is 0 Å². The summed E-state index contributed by atoms with van der Waals surface area (Å²) < 4.78 is 41.9. The second kappa shape index (κ2) is 20.2. The van der Waals surface area contributed by atoms with Crippen molar-refractivity contribution in [2.75, 3.05) is 118 Å². The highest BCUT2D eigenvalue weighted by molar-refractivity contribution is 6.20. The molecule has 3 amide bonds. The molecule has 7 heterocycles. The van der Waals surface area contributed by atoms with Crippen LogP contribution >= 0.6 is 0 Å². The van der Waals surface area contributed by atoms with Crippen molar-refractivity contribution in [3.8, 4) is 0 Å². The molecule has 0 aromatic heterocycles. The number of rotatable bonds is 14. The number of ketones is 1. The van der Waals surface area contributed by atoms with Crippen LogP contribution in [0.15, 0.2) is 11.8 Å². The number of nitrogens with zero attached hydrogens (tertiary/aromatic N) is 5. The molecular formula is C46H72FN9O8. The molecule has 0 aromatic rings. The summed E-state index contributed by atoms with van der Waals surface area (Å²) in [7, 11) is 0. The summed E-state index contributed by atoms with van der Waals surface area (Å²) in [5, 5.41) is 12.8. The van der Waals surface area contributed by atoms with Gasteiger partial charge in [-0.15, -0.1) is 0 Å². The SMILES string of the molecule is O=C(CNCCN1CCOCC1)N[C@@H]1CCN(C(=O)C2=CN3C4CC5OC6CCCCC6C5CC4OC4C(N5CC[C@@H](NC(=O)CNCCN6CCOCC6)C5)C(F)CC(C2=O)C43)C1. The quantitative estimate of drug-likeness (QED) is 0.125. The minimum Gasteiger partial charge on any atom is -0.379 e. The number of morpholine rings is 3. The number of hydrogen-bond donors (Lipinski definition) is 4. The normalized spacial score (nSPS) is 39.1. The van der Waals surface area contributed by atoms with Gasteiger partial charge in [-0.05, 0) is 56.8 Å². The monoisotopic (exact) mass is 898 g/mol. The lowest BCUT2D eigenvalue weighted by Crippen LogP contribution is -2.73. The molecule has 356 valence electrons. The zero-order valence-electron chi connectivity index (χ0n) is 37.6. The van der Waals surface area contributed by atoms with Crippen LogP contribution in [0.1, 0.15) is 57.8 Å². The molecule has 64 heavy (non-hydrogen) atoms. The first-order valence-corrected chi connectivity index (χ1v) is 24.9. The van der Waals surface area contributed by atoms with Gasteiger partial charge in [0.25, 0.3) is 5.91 Å². The topological polar surface area (TPSA) is 170 Å². The van der Waals surface area contributed by atoms with Crippen molar-refractivity contribution in [1.29, 1.82) is 0 Å². The first-order chi connectivity index (χ1) is 31.3. The van der Waals surface area contributed by atoms with Gasteiger partial charge in [0.15, 0.2) is 5.78 Å². The average Bonchev–Trinajstić information content (AvgIpc) is 4.06. The molecule has 3 aliphatic carbocycles. The van der Waals surface area contributed by atoms with Crippen molar-refractivity contribution in [3.63, 3.8) is 0 Å². The summed E-state index contributed by atoms with van der Waals surface area (Å²) in [4.78, 5) is 65.8. The fourth-order valence-electron chi connectivity index (χ4n) is 13.3. The third-order valence-electron chi connectivity index (χ3n) is 16.5. The Morgan fingerprint density at radius 1 is 0.688 bits per heavy atom. The van der Waals surface area contributed by atoms with E-state index in [1.165, 1.54) is 12.8 Å². The molecule has 18 heteroatoms. The molecule has 0 aromatic carbocycles. The predicted molar refractivity (Wildman–Crippen MR) is 233 cm³/mol. The molecule has 7 aliphatic heterocycles. The minimum absolute atomic E-state index is 0.0110. The highest BCUT2D eigenvalue weighted by atomic mass is 19.1. The van der Waals surface area contributed by atoms with Crippen molar-refractivity contribution >= 4 is 23.5 Å². The van der Waals surface area contributed by atoms with Gasteiger partial charge < -0.3 is 50.0 Å². The number of halogens is 1. The van der Waals surface area contributed by atoms with E-state index >= 15 is 4.39 Å². The number of nitrogens with one attached hydrogen (secondary N) is 4. The number of carbonyl (C=O) groups excluding carboxylic acids is 4. The Morgan fingerprint density at radius 3 is 2.05 bits per heavy atom. The fourth-order valence-corrected chi connectivity index (χ4v) is 13.3. The van der Waals surface area contributed by atoms with Crippen molar-refractivity contribution in [1.82, 2.24) is 45.8 Å². The van der Waals surface area contributed by atoms with Crippen LogP contribution in [0.5, 0.6) is 0 Å². The van der Waals surface area contributed by atoms with Crippen LogP contribution in [-0.4, -0.2) is 227 Å². The minimum atomic E-state index is -1.35. The van der Waals surface area contributed by atoms with Gasteiger partial charge in [-0.25, -0.2) is 4.39 Å². The number of hydrogen-bond acceptors (Lipinski definition) is 14. The molecule has 11 unspecified atom stereocenters. The zero-order chi connectivity index (χ0) is 43.7. The molecule has 10 rings (SSSR count). The van der Waals surface area contributed by atoms with E-state index in [-0.39, 0.29) is 85.0 Å². The molecule has 17 nitrogen and oxygen atoms in total. The first kappa shape index (κ1) is 45.0. The van der Waals surface area contributed by atoms with E-state index in [1.54, 1.807) is 4.90 Å². The van der Waals surface area contributed by atoms with Gasteiger partial charge in [0.2, 0.25) is 11.8 Å². The fraction of sp³-hybridized carbons (Fsp3) is 0.870. The van der Waals surface area contributed by atoms with E-state index in [1.807, 2.05) is 6.20 Å². The van der Waals surface area contributed by atoms with E-state index in [4.69, 9.17) is 18.9 Å². The van der Waals surface area contributed by atoms with Crippen molar-refractivity contribution in [2.24, 2.45) is 17.8 Å². The second-order valence-corrected chi connectivity index (χ2v) is 20.3. The lowest BCUT2D eigenvalue weighted by atomic mass is 9.67. The Bertz CT molecular complexity index is 1720. The van der Waals surface area contributed by atoms with Gasteiger partial charge in [-0.1, -0.05) is 12.8 Å².